The van der Waals surface area contributed by atoms with E-state index in [2.05, 4.69) is 61.5 Å². The summed E-state index contributed by atoms with van der Waals surface area (Å²) in [6, 6.07) is 19.1. The molecule has 1 aromatic heterocycles. The van der Waals surface area contributed by atoms with E-state index in [1.54, 1.807) is 0 Å². The van der Waals surface area contributed by atoms with Crippen molar-refractivity contribution in [3.63, 3.8) is 0 Å². The molecule has 0 aliphatic carbocycles. The standard InChI is InChI=1S/C16H14OSe/c1-12-6-5-7-13-10-14(17-16(12)13)11-18-15-8-3-2-4-9-15/h2-10H,11H2,1H3. The minimum atomic E-state index is 0.447. The van der Waals surface area contributed by atoms with Crippen LogP contribution < -0.4 is 4.46 Å². The van der Waals surface area contributed by atoms with E-state index in [9.17, 15) is 0 Å². The molecule has 0 bridgehead atoms. The molecule has 90 valence electrons. The first-order chi connectivity index (χ1) is 8.83. The number of furan rings is 1. The first kappa shape index (κ1) is 11.6. The van der Waals surface area contributed by atoms with E-state index in [4.69, 9.17) is 4.42 Å². The van der Waals surface area contributed by atoms with E-state index in [0.717, 1.165) is 16.7 Å². The minimum absolute atomic E-state index is 0.447. The molecule has 3 aromatic rings. The van der Waals surface area contributed by atoms with Gasteiger partial charge < -0.3 is 0 Å². The Balaban J connectivity index is 1.81. The molecule has 0 fully saturated rings. The zero-order chi connectivity index (χ0) is 12.4. The van der Waals surface area contributed by atoms with E-state index < -0.39 is 0 Å². The number of hydrogen-bond acceptors (Lipinski definition) is 1. The molecular formula is C16H14OSe. The van der Waals surface area contributed by atoms with E-state index in [1.165, 1.54) is 15.4 Å². The summed E-state index contributed by atoms with van der Waals surface area (Å²) in [7, 11) is 0. The zero-order valence-corrected chi connectivity index (χ0v) is 11.9. The van der Waals surface area contributed by atoms with E-state index >= 15 is 0 Å². The van der Waals surface area contributed by atoms with Crippen molar-refractivity contribution in [2.45, 2.75) is 12.2 Å². The third-order valence-electron chi connectivity index (χ3n) is 2.92. The van der Waals surface area contributed by atoms with Crippen LogP contribution in [0.15, 0.2) is 59.0 Å². The summed E-state index contributed by atoms with van der Waals surface area (Å²) in [4.78, 5) is 0. The zero-order valence-electron chi connectivity index (χ0n) is 10.2. The van der Waals surface area contributed by atoms with Crippen molar-refractivity contribution in [2.24, 2.45) is 0 Å². The first-order valence-corrected chi connectivity index (χ1v) is 8.05. The van der Waals surface area contributed by atoms with Gasteiger partial charge >= 0.3 is 113 Å². The van der Waals surface area contributed by atoms with Crippen LogP contribution in [0.1, 0.15) is 11.3 Å². The summed E-state index contributed by atoms with van der Waals surface area (Å²) in [5.74, 6) is 1.10. The van der Waals surface area contributed by atoms with Crippen LogP contribution in [-0.2, 0) is 5.32 Å². The van der Waals surface area contributed by atoms with Crippen LogP contribution in [0.25, 0.3) is 11.0 Å². The van der Waals surface area contributed by atoms with Gasteiger partial charge in [0, 0.05) is 0 Å². The van der Waals surface area contributed by atoms with E-state index in [1.807, 2.05) is 0 Å². The number of para-hydroxylation sites is 1. The van der Waals surface area contributed by atoms with Crippen LogP contribution >= 0.6 is 0 Å². The Labute approximate surface area is 113 Å². The molecular weight excluding hydrogens is 287 g/mol. The molecule has 0 aliphatic rings. The second-order valence-electron chi connectivity index (χ2n) is 4.31. The van der Waals surface area contributed by atoms with Gasteiger partial charge in [0.05, 0.1) is 0 Å². The van der Waals surface area contributed by atoms with Crippen molar-refractivity contribution in [1.29, 1.82) is 0 Å². The third-order valence-corrected chi connectivity index (χ3v) is 5.09. The van der Waals surface area contributed by atoms with Crippen molar-refractivity contribution < 1.29 is 4.42 Å². The van der Waals surface area contributed by atoms with Gasteiger partial charge in [-0.15, -0.1) is 0 Å². The third kappa shape index (κ3) is 2.35. The summed E-state index contributed by atoms with van der Waals surface area (Å²) in [6.45, 7) is 2.10. The molecule has 0 spiro atoms. The predicted octanol–water partition coefficient (Wildman–Crippen LogP) is 3.27. The molecule has 0 radical (unpaired) electrons. The summed E-state index contributed by atoms with van der Waals surface area (Å²) in [5.41, 5.74) is 2.25. The Kier molecular flexibility index (Phi) is 3.22. The number of rotatable bonds is 3. The Bertz CT molecular complexity index is 655. The van der Waals surface area contributed by atoms with Crippen LogP contribution in [0, 0.1) is 6.92 Å². The average molecular weight is 301 g/mol. The predicted molar refractivity (Wildman–Crippen MR) is 76.5 cm³/mol. The van der Waals surface area contributed by atoms with Crippen molar-refractivity contribution in [2.75, 3.05) is 0 Å². The van der Waals surface area contributed by atoms with Gasteiger partial charge in [0.15, 0.2) is 0 Å². The maximum absolute atomic E-state index is 5.94. The SMILES string of the molecule is Cc1cccc2cc(C[Se]c3ccccc3)oc12. The molecule has 0 saturated carbocycles. The molecule has 0 aliphatic heterocycles. The summed E-state index contributed by atoms with van der Waals surface area (Å²) in [6.07, 6.45) is 0. The molecule has 3 rings (SSSR count). The Morgan fingerprint density at radius 2 is 1.83 bits per heavy atom. The van der Waals surface area contributed by atoms with Crippen LogP contribution in [-0.4, -0.2) is 15.0 Å². The summed E-state index contributed by atoms with van der Waals surface area (Å²) in [5, 5.41) is 2.24. The van der Waals surface area contributed by atoms with Crippen LogP contribution in [0.5, 0.6) is 0 Å². The summed E-state index contributed by atoms with van der Waals surface area (Å²) < 4.78 is 7.35. The molecule has 2 heteroatoms. The molecule has 0 unspecified atom stereocenters. The molecule has 1 nitrogen and oxygen atoms in total. The molecule has 0 N–H and O–H groups in total. The molecule has 0 atom stereocenters. The quantitative estimate of drug-likeness (QED) is 0.677. The van der Waals surface area contributed by atoms with Gasteiger partial charge in [0.25, 0.3) is 0 Å². The molecule has 0 saturated heterocycles. The van der Waals surface area contributed by atoms with Crippen molar-refractivity contribution in [3.8, 4) is 0 Å². The van der Waals surface area contributed by atoms with Crippen LogP contribution in [0.3, 0.4) is 0 Å². The van der Waals surface area contributed by atoms with Crippen LogP contribution in [0.4, 0.5) is 0 Å². The van der Waals surface area contributed by atoms with E-state index in [0.29, 0.717) is 15.0 Å². The van der Waals surface area contributed by atoms with Gasteiger partial charge in [-0.3, -0.25) is 0 Å². The monoisotopic (exact) mass is 302 g/mol. The Hall–Kier alpha value is -1.50. The average Bonchev–Trinajstić information content (AvgIpc) is 2.82. The van der Waals surface area contributed by atoms with Gasteiger partial charge in [-0.1, -0.05) is 0 Å². The number of aryl methyl sites for hydroxylation is 1. The molecule has 2 aromatic carbocycles. The van der Waals surface area contributed by atoms with Gasteiger partial charge in [-0.05, 0) is 0 Å². The van der Waals surface area contributed by atoms with Crippen molar-refractivity contribution >= 4 is 30.4 Å². The van der Waals surface area contributed by atoms with Crippen LogP contribution in [0.2, 0.25) is 0 Å². The molecule has 18 heavy (non-hydrogen) atoms. The van der Waals surface area contributed by atoms with E-state index in [-0.39, 0.29) is 0 Å². The fraction of sp³-hybridized carbons (Fsp3) is 0.125. The Morgan fingerprint density at radius 1 is 1.00 bits per heavy atom. The van der Waals surface area contributed by atoms with Gasteiger partial charge in [0.1, 0.15) is 0 Å². The van der Waals surface area contributed by atoms with Gasteiger partial charge in [-0.25, -0.2) is 0 Å². The topological polar surface area (TPSA) is 13.1 Å². The number of hydrogen-bond donors (Lipinski definition) is 0. The number of fused-ring (bicyclic) bond motifs is 1. The number of benzene rings is 2. The fourth-order valence-electron chi connectivity index (χ4n) is 2.00. The van der Waals surface area contributed by atoms with Gasteiger partial charge in [-0.2, -0.15) is 0 Å². The van der Waals surface area contributed by atoms with Crippen molar-refractivity contribution in [1.82, 2.24) is 0 Å². The first-order valence-electron chi connectivity index (χ1n) is 5.99. The molecule has 0 amide bonds. The maximum atomic E-state index is 5.94. The normalized spacial score (nSPS) is 10.9. The molecule has 1 heterocycles. The second-order valence-corrected chi connectivity index (χ2v) is 6.51. The summed E-state index contributed by atoms with van der Waals surface area (Å²) >= 11 is 0.447. The van der Waals surface area contributed by atoms with Gasteiger partial charge in [0.2, 0.25) is 0 Å². The Morgan fingerprint density at radius 3 is 2.61 bits per heavy atom. The second kappa shape index (κ2) is 5.01. The fourth-order valence-corrected chi connectivity index (χ4v) is 3.68. The van der Waals surface area contributed by atoms with Crippen molar-refractivity contribution in [3.05, 3.63) is 65.9 Å².